The number of hydrogen-bond donors (Lipinski definition) is 1. The highest BCUT2D eigenvalue weighted by atomic mass is 79.9. The number of benzene rings is 1. The van der Waals surface area contributed by atoms with Gasteiger partial charge in [0.2, 0.25) is 0 Å². The van der Waals surface area contributed by atoms with Crippen LogP contribution in [0.2, 0.25) is 0 Å². The Morgan fingerprint density at radius 3 is 2.56 bits per heavy atom. The van der Waals surface area contributed by atoms with E-state index in [-0.39, 0.29) is 5.56 Å². The minimum absolute atomic E-state index is 0.0219. The van der Waals surface area contributed by atoms with Gasteiger partial charge in [0, 0.05) is 4.47 Å². The summed E-state index contributed by atoms with van der Waals surface area (Å²) in [6.07, 6.45) is -1.99. The van der Waals surface area contributed by atoms with Crippen LogP contribution in [0.5, 0.6) is 0 Å². The van der Waals surface area contributed by atoms with Crippen molar-refractivity contribution >= 4 is 15.9 Å². The fraction of sp³-hybridized carbons (Fsp3) is 0.538. The summed E-state index contributed by atoms with van der Waals surface area (Å²) in [5.41, 5.74) is -0.772. The molecular formula is C13H14BrF3O. The van der Waals surface area contributed by atoms with E-state index in [9.17, 15) is 18.3 Å². The molecule has 0 saturated heterocycles. The Morgan fingerprint density at radius 2 is 2.00 bits per heavy atom. The van der Waals surface area contributed by atoms with Gasteiger partial charge in [0.1, 0.15) is 0 Å². The summed E-state index contributed by atoms with van der Waals surface area (Å²) < 4.78 is 39.0. The van der Waals surface area contributed by atoms with Gasteiger partial charge in [0.25, 0.3) is 0 Å². The molecule has 0 aromatic heterocycles. The third-order valence-electron chi connectivity index (χ3n) is 3.23. The summed E-state index contributed by atoms with van der Waals surface area (Å²) in [4.78, 5) is 0. The molecule has 0 bridgehead atoms. The van der Waals surface area contributed by atoms with Gasteiger partial charge >= 0.3 is 6.18 Å². The average molecular weight is 323 g/mol. The van der Waals surface area contributed by atoms with Gasteiger partial charge in [-0.3, -0.25) is 0 Å². The number of rotatable bonds is 4. The lowest BCUT2D eigenvalue weighted by Gasteiger charge is -2.17. The topological polar surface area (TPSA) is 20.2 Å². The minimum Gasteiger partial charge on any atom is -0.388 e. The smallest absolute Gasteiger partial charge is 0.388 e. The number of halogens is 4. The highest BCUT2D eigenvalue weighted by molar-refractivity contribution is 9.10. The maximum Gasteiger partial charge on any atom is 0.416 e. The molecule has 0 aliphatic heterocycles. The lowest BCUT2D eigenvalue weighted by atomic mass is 9.98. The van der Waals surface area contributed by atoms with Crippen molar-refractivity contribution in [3.05, 3.63) is 33.8 Å². The molecule has 1 fully saturated rings. The first kappa shape index (κ1) is 13.9. The average Bonchev–Trinajstić information content (AvgIpc) is 3.08. The number of aliphatic hydroxyl groups excluding tert-OH is 1. The van der Waals surface area contributed by atoms with Crippen molar-refractivity contribution in [3.8, 4) is 0 Å². The van der Waals surface area contributed by atoms with Crippen molar-refractivity contribution in [2.24, 2.45) is 5.92 Å². The number of alkyl halides is 3. The van der Waals surface area contributed by atoms with Crippen LogP contribution < -0.4 is 0 Å². The van der Waals surface area contributed by atoms with E-state index >= 15 is 0 Å². The Labute approximate surface area is 112 Å². The van der Waals surface area contributed by atoms with Gasteiger partial charge in [0.15, 0.2) is 0 Å². The van der Waals surface area contributed by atoms with E-state index in [2.05, 4.69) is 15.9 Å². The van der Waals surface area contributed by atoms with Crippen LogP contribution in [0.1, 0.15) is 42.9 Å². The molecule has 5 heteroatoms. The first-order valence-corrected chi connectivity index (χ1v) is 6.72. The van der Waals surface area contributed by atoms with E-state index < -0.39 is 17.8 Å². The number of aliphatic hydroxyl groups is 1. The van der Waals surface area contributed by atoms with E-state index in [1.54, 1.807) is 0 Å². The fourth-order valence-electron chi connectivity index (χ4n) is 2.02. The molecule has 0 amide bonds. The first-order valence-electron chi connectivity index (χ1n) is 5.92. The van der Waals surface area contributed by atoms with Crippen LogP contribution in [0, 0.1) is 5.92 Å². The number of hydrogen-bond acceptors (Lipinski definition) is 1. The van der Waals surface area contributed by atoms with Crippen LogP contribution in [0.3, 0.4) is 0 Å². The molecule has 1 aromatic rings. The van der Waals surface area contributed by atoms with Gasteiger partial charge < -0.3 is 5.11 Å². The third-order valence-corrected chi connectivity index (χ3v) is 3.72. The lowest BCUT2D eigenvalue weighted by Crippen LogP contribution is -2.12. The summed E-state index contributed by atoms with van der Waals surface area (Å²) in [6.45, 7) is 0. The van der Waals surface area contributed by atoms with Crippen LogP contribution in [-0.4, -0.2) is 5.11 Å². The molecule has 1 aliphatic carbocycles. The maximum atomic E-state index is 12.9. The molecular weight excluding hydrogens is 309 g/mol. The van der Waals surface area contributed by atoms with Crippen molar-refractivity contribution in [1.29, 1.82) is 0 Å². The third kappa shape index (κ3) is 3.48. The van der Waals surface area contributed by atoms with Crippen molar-refractivity contribution < 1.29 is 18.3 Å². The van der Waals surface area contributed by atoms with Crippen LogP contribution >= 0.6 is 15.9 Å². The van der Waals surface area contributed by atoms with Gasteiger partial charge in [-0.05, 0) is 36.5 Å². The van der Waals surface area contributed by atoms with Crippen LogP contribution in [-0.2, 0) is 6.18 Å². The van der Waals surface area contributed by atoms with Crippen molar-refractivity contribution in [2.45, 2.75) is 38.0 Å². The summed E-state index contributed by atoms with van der Waals surface area (Å²) in [5, 5.41) is 9.92. The lowest BCUT2D eigenvalue weighted by molar-refractivity contribution is -0.139. The van der Waals surface area contributed by atoms with Crippen LogP contribution in [0.15, 0.2) is 22.7 Å². The van der Waals surface area contributed by atoms with E-state index in [0.29, 0.717) is 16.8 Å². The quantitative estimate of drug-likeness (QED) is 0.852. The highest BCUT2D eigenvalue weighted by Crippen LogP contribution is 2.40. The minimum atomic E-state index is -4.43. The molecule has 0 spiro atoms. The Morgan fingerprint density at radius 1 is 1.33 bits per heavy atom. The van der Waals surface area contributed by atoms with Gasteiger partial charge in [0.05, 0.1) is 11.7 Å². The van der Waals surface area contributed by atoms with Crippen LogP contribution in [0.25, 0.3) is 0 Å². The summed E-state index contributed by atoms with van der Waals surface area (Å²) in [5.74, 6) is 0.601. The maximum absolute atomic E-state index is 12.9. The molecule has 1 aromatic carbocycles. The van der Waals surface area contributed by atoms with Crippen molar-refractivity contribution in [1.82, 2.24) is 0 Å². The van der Waals surface area contributed by atoms with Gasteiger partial charge in [-0.15, -0.1) is 0 Å². The largest absolute Gasteiger partial charge is 0.416 e. The van der Waals surface area contributed by atoms with Crippen LogP contribution in [0.4, 0.5) is 13.2 Å². The van der Waals surface area contributed by atoms with E-state index in [0.717, 1.165) is 25.3 Å². The van der Waals surface area contributed by atoms with Crippen molar-refractivity contribution in [2.75, 3.05) is 0 Å². The summed E-state index contributed by atoms with van der Waals surface area (Å²) in [6, 6.07) is 3.91. The van der Waals surface area contributed by atoms with E-state index in [4.69, 9.17) is 0 Å². The molecule has 0 radical (unpaired) electrons. The second-order valence-electron chi connectivity index (χ2n) is 4.77. The van der Waals surface area contributed by atoms with Gasteiger partial charge in [-0.1, -0.05) is 34.8 Å². The fourth-order valence-corrected chi connectivity index (χ4v) is 2.38. The standard InChI is InChI=1S/C13H14BrF3O/c14-9-4-5-10(11(7-9)13(15,16)17)12(18)6-3-8-1-2-8/h4-5,7-8,12,18H,1-3,6H2. The molecule has 1 nitrogen and oxygen atoms in total. The highest BCUT2D eigenvalue weighted by Gasteiger charge is 2.35. The molecule has 0 heterocycles. The van der Waals surface area contributed by atoms with Crippen molar-refractivity contribution in [3.63, 3.8) is 0 Å². The monoisotopic (exact) mass is 322 g/mol. The summed E-state index contributed by atoms with van der Waals surface area (Å²) in [7, 11) is 0. The van der Waals surface area contributed by atoms with Gasteiger partial charge in [-0.25, -0.2) is 0 Å². The predicted molar refractivity (Wildman–Crippen MR) is 66.1 cm³/mol. The Kier molecular flexibility index (Phi) is 4.02. The second kappa shape index (κ2) is 5.21. The zero-order valence-electron chi connectivity index (χ0n) is 9.67. The molecule has 1 atom stereocenters. The van der Waals surface area contributed by atoms with E-state index in [1.165, 1.54) is 12.1 Å². The summed E-state index contributed by atoms with van der Waals surface area (Å²) >= 11 is 3.03. The molecule has 1 N–H and O–H groups in total. The SMILES string of the molecule is OC(CCC1CC1)c1ccc(Br)cc1C(F)(F)F. The molecule has 1 saturated carbocycles. The molecule has 18 heavy (non-hydrogen) atoms. The Bertz CT molecular complexity index is 427. The molecule has 1 unspecified atom stereocenters. The Hall–Kier alpha value is -0.550. The van der Waals surface area contributed by atoms with Gasteiger partial charge in [-0.2, -0.15) is 13.2 Å². The predicted octanol–water partition coefficient (Wildman–Crippen LogP) is 4.69. The zero-order valence-corrected chi connectivity index (χ0v) is 11.3. The normalized spacial score (nSPS) is 17.8. The molecule has 100 valence electrons. The molecule has 2 rings (SSSR count). The Balaban J connectivity index is 2.19. The second-order valence-corrected chi connectivity index (χ2v) is 5.68. The van der Waals surface area contributed by atoms with E-state index in [1.807, 2.05) is 0 Å². The first-order chi connectivity index (χ1) is 8.38. The molecule has 1 aliphatic rings. The zero-order chi connectivity index (χ0) is 13.3.